The number of nitro benzene ring substituents is 1. The van der Waals surface area contributed by atoms with E-state index in [2.05, 4.69) is 5.32 Å². The number of rotatable bonds is 6. The van der Waals surface area contributed by atoms with Gasteiger partial charge in [-0.15, -0.1) is 11.8 Å². The molecule has 0 aliphatic carbocycles. The summed E-state index contributed by atoms with van der Waals surface area (Å²) in [5.74, 6) is -1.13. The normalized spacial score (nSPS) is 24.0. The smallest absolute Gasteiger partial charge is 0.334 e. The number of nitrogens with one attached hydrogen (secondary N) is 1. The molecular formula is C15H12ClN3O6S. The van der Waals surface area contributed by atoms with Crippen LogP contribution in [0.3, 0.4) is 0 Å². The number of non-ortho nitro benzene ring substituents is 1. The second-order valence-corrected chi connectivity index (χ2v) is 6.90. The van der Waals surface area contributed by atoms with E-state index >= 15 is 0 Å². The first kappa shape index (κ1) is 18.2. The SMILES string of the molecule is O=CN[C@@H]1C(=O)N2C(C(=O)OCc3ccc([N+](=O)[O-])cc3)C(Cl)=CS[C@@H]12. The third-order valence-corrected chi connectivity index (χ3v) is 5.55. The van der Waals surface area contributed by atoms with Crippen molar-refractivity contribution in [2.24, 2.45) is 0 Å². The van der Waals surface area contributed by atoms with Crippen LogP contribution in [0.2, 0.25) is 0 Å². The summed E-state index contributed by atoms with van der Waals surface area (Å²) in [5.41, 5.74) is 0.485. The molecule has 2 heterocycles. The van der Waals surface area contributed by atoms with Crippen molar-refractivity contribution < 1.29 is 24.0 Å². The summed E-state index contributed by atoms with van der Waals surface area (Å²) in [7, 11) is 0. The molecule has 1 fully saturated rings. The summed E-state index contributed by atoms with van der Waals surface area (Å²) >= 11 is 7.31. The molecule has 9 nitrogen and oxygen atoms in total. The van der Waals surface area contributed by atoms with Crippen LogP contribution in [-0.2, 0) is 25.7 Å². The van der Waals surface area contributed by atoms with Crippen molar-refractivity contribution in [2.45, 2.75) is 24.1 Å². The molecule has 2 aliphatic heterocycles. The predicted molar refractivity (Wildman–Crippen MR) is 91.8 cm³/mol. The number of fused-ring (bicyclic) bond motifs is 1. The number of nitro groups is 1. The van der Waals surface area contributed by atoms with E-state index in [4.69, 9.17) is 16.3 Å². The lowest BCUT2D eigenvalue weighted by molar-refractivity contribution is -0.384. The number of amides is 2. The lowest BCUT2D eigenvalue weighted by Gasteiger charge is -2.50. The minimum Gasteiger partial charge on any atom is -0.459 e. The molecule has 11 heteroatoms. The fourth-order valence-corrected chi connectivity index (χ4v) is 4.09. The van der Waals surface area contributed by atoms with Gasteiger partial charge in [-0.1, -0.05) is 11.6 Å². The average Bonchev–Trinajstić information content (AvgIpc) is 2.64. The number of carbonyl (C=O) groups excluding carboxylic acids is 3. The molecular weight excluding hydrogens is 386 g/mol. The van der Waals surface area contributed by atoms with E-state index in [0.717, 1.165) is 0 Å². The summed E-state index contributed by atoms with van der Waals surface area (Å²) in [5, 5.41) is 14.3. The molecule has 26 heavy (non-hydrogen) atoms. The number of thioether (sulfide) groups is 1. The Morgan fingerprint density at radius 2 is 2.12 bits per heavy atom. The molecule has 1 aromatic carbocycles. The number of hydrogen-bond donors (Lipinski definition) is 1. The van der Waals surface area contributed by atoms with Gasteiger partial charge in [0.15, 0.2) is 6.04 Å². The molecule has 1 N–H and O–H groups in total. The van der Waals surface area contributed by atoms with Gasteiger partial charge in [0, 0.05) is 12.1 Å². The Morgan fingerprint density at radius 1 is 1.42 bits per heavy atom. The maximum Gasteiger partial charge on any atom is 0.334 e. The molecule has 0 radical (unpaired) electrons. The first-order chi connectivity index (χ1) is 12.4. The minimum absolute atomic E-state index is 0.0712. The number of hydrogen-bond acceptors (Lipinski definition) is 7. The quantitative estimate of drug-likeness (QED) is 0.251. The Labute approximate surface area is 156 Å². The molecule has 2 aliphatic rings. The fraction of sp³-hybridized carbons (Fsp3) is 0.267. The van der Waals surface area contributed by atoms with E-state index in [0.29, 0.717) is 12.0 Å². The van der Waals surface area contributed by atoms with Crippen molar-refractivity contribution in [3.8, 4) is 0 Å². The second-order valence-electron chi connectivity index (χ2n) is 5.47. The average molecular weight is 398 g/mol. The standard InChI is InChI=1S/C15H12ClN3O6S/c16-10-6-26-14-11(17-7-20)13(21)18(14)12(10)15(22)25-5-8-1-3-9(4-2-8)19(23)24/h1-4,6-7,11-12,14H,5H2,(H,17,20)/t11-,12?,14+/m1/s1. The highest BCUT2D eigenvalue weighted by Crippen LogP contribution is 2.41. The Morgan fingerprint density at radius 3 is 2.73 bits per heavy atom. The van der Waals surface area contributed by atoms with Gasteiger partial charge in [0.05, 0.1) is 9.96 Å². The lowest BCUT2D eigenvalue weighted by atomic mass is 10.0. The summed E-state index contributed by atoms with van der Waals surface area (Å²) < 4.78 is 5.21. The molecule has 2 amide bonds. The topological polar surface area (TPSA) is 119 Å². The van der Waals surface area contributed by atoms with Gasteiger partial charge in [-0.05, 0) is 23.1 Å². The largest absolute Gasteiger partial charge is 0.459 e. The van der Waals surface area contributed by atoms with Crippen LogP contribution in [-0.4, -0.2) is 45.6 Å². The van der Waals surface area contributed by atoms with Crippen LogP contribution in [0.5, 0.6) is 0 Å². The van der Waals surface area contributed by atoms with Gasteiger partial charge >= 0.3 is 5.97 Å². The molecule has 0 bridgehead atoms. The number of esters is 1. The van der Waals surface area contributed by atoms with Gasteiger partial charge in [0.25, 0.3) is 5.69 Å². The Bertz CT molecular complexity index is 799. The summed E-state index contributed by atoms with van der Waals surface area (Å²) in [6.45, 7) is -0.118. The molecule has 136 valence electrons. The van der Waals surface area contributed by atoms with E-state index < -0.39 is 34.3 Å². The third-order valence-electron chi connectivity index (χ3n) is 3.94. The fourth-order valence-electron chi connectivity index (χ4n) is 2.64. The number of benzene rings is 1. The zero-order valence-electron chi connectivity index (χ0n) is 13.0. The second kappa shape index (κ2) is 7.34. The number of halogens is 1. The molecule has 0 spiro atoms. The van der Waals surface area contributed by atoms with Crippen LogP contribution in [0.4, 0.5) is 5.69 Å². The highest BCUT2D eigenvalue weighted by atomic mass is 35.5. The predicted octanol–water partition coefficient (Wildman–Crippen LogP) is 1.12. The van der Waals surface area contributed by atoms with Gasteiger partial charge in [-0.2, -0.15) is 0 Å². The lowest BCUT2D eigenvalue weighted by Crippen LogP contribution is -2.73. The molecule has 1 aromatic rings. The summed E-state index contributed by atoms with van der Waals surface area (Å²) in [6.07, 6.45) is 0.433. The first-order valence-corrected chi connectivity index (χ1v) is 8.69. The molecule has 1 saturated heterocycles. The van der Waals surface area contributed by atoms with Gasteiger partial charge in [0.2, 0.25) is 12.3 Å². The van der Waals surface area contributed by atoms with Crippen LogP contribution < -0.4 is 5.32 Å². The van der Waals surface area contributed by atoms with Crippen molar-refractivity contribution in [3.63, 3.8) is 0 Å². The monoisotopic (exact) mass is 397 g/mol. The van der Waals surface area contributed by atoms with Crippen molar-refractivity contribution in [1.29, 1.82) is 0 Å². The Kier molecular flexibility index (Phi) is 5.14. The van der Waals surface area contributed by atoms with Crippen molar-refractivity contribution in [2.75, 3.05) is 0 Å². The number of β-lactam (4-membered cyclic amide) rings is 1. The van der Waals surface area contributed by atoms with Crippen molar-refractivity contribution in [3.05, 3.63) is 50.4 Å². The molecule has 3 atom stereocenters. The van der Waals surface area contributed by atoms with Gasteiger partial charge in [-0.3, -0.25) is 19.7 Å². The Balaban J connectivity index is 1.66. The molecule has 1 unspecified atom stereocenters. The minimum atomic E-state index is -1.07. The third kappa shape index (κ3) is 3.25. The number of nitrogens with zero attached hydrogens (tertiary/aromatic N) is 2. The van der Waals surface area contributed by atoms with Crippen LogP contribution in [0.25, 0.3) is 0 Å². The first-order valence-electron chi connectivity index (χ1n) is 7.37. The van der Waals surface area contributed by atoms with Crippen LogP contribution in [0.15, 0.2) is 34.7 Å². The number of ether oxygens (including phenoxy) is 1. The van der Waals surface area contributed by atoms with Crippen LogP contribution in [0, 0.1) is 10.1 Å². The maximum absolute atomic E-state index is 12.4. The van der Waals surface area contributed by atoms with Crippen molar-refractivity contribution >= 4 is 47.3 Å². The van der Waals surface area contributed by atoms with E-state index in [1.54, 1.807) is 5.41 Å². The van der Waals surface area contributed by atoms with E-state index in [1.165, 1.54) is 40.9 Å². The van der Waals surface area contributed by atoms with E-state index in [1.807, 2.05) is 0 Å². The Hall–Kier alpha value is -2.59. The zero-order chi connectivity index (χ0) is 18.8. The van der Waals surface area contributed by atoms with E-state index in [-0.39, 0.29) is 17.3 Å². The van der Waals surface area contributed by atoms with Gasteiger partial charge in [0.1, 0.15) is 18.0 Å². The molecule has 3 rings (SSSR count). The van der Waals surface area contributed by atoms with Crippen molar-refractivity contribution in [1.82, 2.24) is 10.2 Å². The maximum atomic E-state index is 12.4. The van der Waals surface area contributed by atoms with Gasteiger partial charge in [-0.25, -0.2) is 4.79 Å². The number of carbonyl (C=O) groups is 3. The van der Waals surface area contributed by atoms with E-state index in [9.17, 15) is 24.5 Å². The highest BCUT2D eigenvalue weighted by Gasteiger charge is 2.55. The van der Waals surface area contributed by atoms with Crippen LogP contribution in [0.1, 0.15) is 5.56 Å². The molecule has 0 aromatic heterocycles. The van der Waals surface area contributed by atoms with Crippen LogP contribution >= 0.6 is 23.4 Å². The highest BCUT2D eigenvalue weighted by molar-refractivity contribution is 8.03. The van der Waals surface area contributed by atoms with Gasteiger partial charge < -0.3 is 15.0 Å². The zero-order valence-corrected chi connectivity index (χ0v) is 14.6. The molecule has 0 saturated carbocycles. The summed E-state index contributed by atoms with van der Waals surface area (Å²) in [4.78, 5) is 46.5. The summed E-state index contributed by atoms with van der Waals surface area (Å²) in [6, 6.07) is 3.78.